The van der Waals surface area contributed by atoms with Crippen molar-refractivity contribution in [1.29, 1.82) is 0 Å². The first kappa shape index (κ1) is 6.40. The Morgan fingerprint density at radius 2 is 2.27 bits per heavy atom. The second kappa shape index (κ2) is 2.09. The molecule has 0 N–H and O–H groups in total. The van der Waals surface area contributed by atoms with E-state index in [1.165, 1.54) is 0 Å². The van der Waals surface area contributed by atoms with E-state index in [1.807, 2.05) is 18.2 Å². The van der Waals surface area contributed by atoms with Gasteiger partial charge in [0, 0.05) is 17.5 Å². The lowest BCUT2D eigenvalue weighted by Crippen LogP contribution is -2.19. The van der Waals surface area contributed by atoms with Crippen molar-refractivity contribution in [2.24, 2.45) is 0 Å². The Morgan fingerprint density at radius 1 is 1.45 bits per heavy atom. The summed E-state index contributed by atoms with van der Waals surface area (Å²) in [6.45, 7) is 0. The van der Waals surface area contributed by atoms with Crippen LogP contribution in [0.15, 0.2) is 18.2 Å². The van der Waals surface area contributed by atoms with E-state index in [0.717, 1.165) is 16.9 Å². The summed E-state index contributed by atoms with van der Waals surface area (Å²) < 4.78 is 5.07. The van der Waals surface area contributed by atoms with Crippen LogP contribution in [-0.2, 0) is 6.42 Å². The van der Waals surface area contributed by atoms with Crippen LogP contribution in [0.25, 0.3) is 0 Å². The lowest BCUT2D eigenvalue weighted by atomic mass is 9.86. The van der Waals surface area contributed by atoms with Gasteiger partial charge in [0.1, 0.15) is 5.75 Å². The van der Waals surface area contributed by atoms with Crippen molar-refractivity contribution in [2.45, 2.75) is 6.42 Å². The number of fused-ring (bicyclic) bond motifs is 1. The van der Waals surface area contributed by atoms with Crippen molar-refractivity contribution in [3.63, 3.8) is 0 Å². The lowest BCUT2D eigenvalue weighted by molar-refractivity contribution is 0.0965. The van der Waals surface area contributed by atoms with E-state index < -0.39 is 0 Å². The summed E-state index contributed by atoms with van der Waals surface area (Å²) in [5, 5.41) is 0. The van der Waals surface area contributed by atoms with Crippen LogP contribution in [0.3, 0.4) is 0 Å². The normalized spacial score (nSPS) is 13.7. The van der Waals surface area contributed by atoms with Gasteiger partial charge in [-0.3, -0.25) is 4.79 Å². The maximum Gasteiger partial charge on any atom is 0.167 e. The molecule has 11 heavy (non-hydrogen) atoms. The summed E-state index contributed by atoms with van der Waals surface area (Å²) >= 11 is 0. The van der Waals surface area contributed by atoms with Crippen LogP contribution in [0, 0.1) is 0 Å². The van der Waals surface area contributed by atoms with E-state index >= 15 is 0 Å². The predicted molar refractivity (Wildman–Crippen MR) is 41.0 cm³/mol. The lowest BCUT2D eigenvalue weighted by Gasteiger charge is -2.19. The van der Waals surface area contributed by atoms with E-state index in [0.29, 0.717) is 6.42 Å². The van der Waals surface area contributed by atoms with Crippen LogP contribution in [-0.4, -0.2) is 12.9 Å². The summed E-state index contributed by atoms with van der Waals surface area (Å²) in [6.07, 6.45) is 0.541. The molecule has 0 bridgehead atoms. The monoisotopic (exact) mass is 148 g/mol. The van der Waals surface area contributed by atoms with Crippen molar-refractivity contribution in [1.82, 2.24) is 0 Å². The molecule has 0 fully saturated rings. The molecule has 2 nitrogen and oxygen atoms in total. The van der Waals surface area contributed by atoms with Crippen LogP contribution < -0.4 is 4.74 Å². The molecule has 0 unspecified atom stereocenters. The van der Waals surface area contributed by atoms with Gasteiger partial charge in [-0.2, -0.15) is 0 Å². The molecule has 1 aromatic carbocycles. The molecule has 1 aromatic rings. The Morgan fingerprint density at radius 3 is 2.91 bits per heavy atom. The molecule has 0 heterocycles. The van der Waals surface area contributed by atoms with E-state index in [2.05, 4.69) is 0 Å². The summed E-state index contributed by atoms with van der Waals surface area (Å²) in [7, 11) is 1.62. The first-order valence-electron chi connectivity index (χ1n) is 3.52. The number of hydrogen-bond acceptors (Lipinski definition) is 2. The number of ketones is 1. The molecule has 1 aliphatic carbocycles. The Labute approximate surface area is 64.8 Å². The van der Waals surface area contributed by atoms with Gasteiger partial charge >= 0.3 is 0 Å². The van der Waals surface area contributed by atoms with Gasteiger partial charge in [-0.25, -0.2) is 0 Å². The quantitative estimate of drug-likeness (QED) is 0.602. The molecule has 0 amide bonds. The van der Waals surface area contributed by atoms with Crippen LogP contribution >= 0.6 is 0 Å². The smallest absolute Gasteiger partial charge is 0.167 e. The Balaban J connectivity index is 2.55. The Bertz CT molecular complexity index is 315. The minimum atomic E-state index is 0.221. The molecule has 56 valence electrons. The van der Waals surface area contributed by atoms with Gasteiger partial charge in [0.2, 0.25) is 0 Å². The molecule has 2 heteroatoms. The van der Waals surface area contributed by atoms with Crippen molar-refractivity contribution in [3.05, 3.63) is 29.3 Å². The maximum absolute atomic E-state index is 10.9. The zero-order chi connectivity index (χ0) is 7.84. The topological polar surface area (TPSA) is 26.3 Å². The van der Waals surface area contributed by atoms with Crippen molar-refractivity contribution in [2.75, 3.05) is 7.11 Å². The Hall–Kier alpha value is -1.31. The SMILES string of the molecule is COc1cccc2c1CC2=O. The number of benzene rings is 1. The molecule has 0 atom stereocenters. The third-order valence-corrected chi connectivity index (χ3v) is 1.99. The summed E-state index contributed by atoms with van der Waals surface area (Å²) in [5.41, 5.74) is 1.88. The number of rotatable bonds is 1. The van der Waals surface area contributed by atoms with Crippen LogP contribution in [0.2, 0.25) is 0 Å². The highest BCUT2D eigenvalue weighted by molar-refractivity contribution is 6.07. The highest BCUT2D eigenvalue weighted by atomic mass is 16.5. The molecule has 0 radical (unpaired) electrons. The highest BCUT2D eigenvalue weighted by Gasteiger charge is 2.25. The number of carbonyl (C=O) groups excluding carboxylic acids is 1. The molecular formula is C9H8O2. The van der Waals surface area contributed by atoms with Gasteiger partial charge in [-0.1, -0.05) is 12.1 Å². The largest absolute Gasteiger partial charge is 0.496 e. The molecule has 0 saturated carbocycles. The first-order valence-corrected chi connectivity index (χ1v) is 3.52. The third-order valence-electron chi connectivity index (χ3n) is 1.99. The zero-order valence-electron chi connectivity index (χ0n) is 6.26. The number of Topliss-reactive ketones (excluding diaryl/α,β-unsaturated/α-hetero) is 1. The van der Waals surface area contributed by atoms with Crippen LogP contribution in [0.4, 0.5) is 0 Å². The third kappa shape index (κ3) is 0.755. The first-order chi connectivity index (χ1) is 5.33. The molecule has 0 saturated heterocycles. The predicted octanol–water partition coefficient (Wildman–Crippen LogP) is 1.43. The molecular weight excluding hydrogens is 140 g/mol. The van der Waals surface area contributed by atoms with E-state index in [1.54, 1.807) is 7.11 Å². The summed E-state index contributed by atoms with van der Waals surface area (Å²) in [6, 6.07) is 5.56. The van der Waals surface area contributed by atoms with Gasteiger partial charge in [-0.05, 0) is 6.07 Å². The van der Waals surface area contributed by atoms with Crippen molar-refractivity contribution in [3.8, 4) is 5.75 Å². The van der Waals surface area contributed by atoms with Gasteiger partial charge in [0.25, 0.3) is 0 Å². The number of carbonyl (C=O) groups is 1. The maximum atomic E-state index is 10.9. The van der Waals surface area contributed by atoms with Crippen LogP contribution in [0.5, 0.6) is 5.75 Å². The highest BCUT2D eigenvalue weighted by Crippen LogP contribution is 2.31. The molecule has 0 aromatic heterocycles. The number of methoxy groups -OCH3 is 1. The van der Waals surface area contributed by atoms with Gasteiger partial charge in [0.05, 0.1) is 7.11 Å². The second-order valence-electron chi connectivity index (χ2n) is 2.59. The molecule has 0 aliphatic heterocycles. The van der Waals surface area contributed by atoms with Gasteiger partial charge < -0.3 is 4.74 Å². The Kier molecular flexibility index (Phi) is 1.22. The number of hydrogen-bond donors (Lipinski definition) is 0. The van der Waals surface area contributed by atoms with Gasteiger partial charge in [-0.15, -0.1) is 0 Å². The zero-order valence-corrected chi connectivity index (χ0v) is 6.26. The molecule has 0 spiro atoms. The van der Waals surface area contributed by atoms with E-state index in [9.17, 15) is 4.79 Å². The van der Waals surface area contributed by atoms with E-state index in [4.69, 9.17) is 4.74 Å². The summed E-state index contributed by atoms with van der Waals surface area (Å²) in [4.78, 5) is 10.9. The number of ether oxygens (including phenoxy) is 1. The average Bonchev–Trinajstić information content (AvgIpc) is 2.03. The molecule has 2 rings (SSSR count). The fourth-order valence-electron chi connectivity index (χ4n) is 1.35. The standard InChI is InChI=1S/C9H8O2/c1-11-9-4-2-3-6-7(9)5-8(6)10/h2-4H,5H2,1H3. The van der Waals surface area contributed by atoms with Gasteiger partial charge in [0.15, 0.2) is 5.78 Å². The minimum Gasteiger partial charge on any atom is -0.496 e. The average molecular weight is 148 g/mol. The van der Waals surface area contributed by atoms with Crippen molar-refractivity contribution >= 4 is 5.78 Å². The van der Waals surface area contributed by atoms with E-state index in [-0.39, 0.29) is 5.78 Å². The minimum absolute atomic E-state index is 0.221. The molecule has 1 aliphatic rings. The van der Waals surface area contributed by atoms with Crippen LogP contribution in [0.1, 0.15) is 15.9 Å². The second-order valence-corrected chi connectivity index (χ2v) is 2.59. The summed E-state index contributed by atoms with van der Waals surface area (Å²) in [5.74, 6) is 1.06. The fourth-order valence-corrected chi connectivity index (χ4v) is 1.35. The van der Waals surface area contributed by atoms with Crippen molar-refractivity contribution < 1.29 is 9.53 Å². The fraction of sp³-hybridized carbons (Fsp3) is 0.222.